The number of quaternary nitrogens is 1. The Morgan fingerprint density at radius 2 is 0.952 bits per heavy atom. The molecule has 8 nitrogen and oxygen atoms in total. The van der Waals surface area contributed by atoms with Gasteiger partial charge in [0.05, 0.1) is 39.9 Å². The van der Waals surface area contributed by atoms with Crippen molar-refractivity contribution < 1.29 is 32.9 Å². The highest BCUT2D eigenvalue weighted by molar-refractivity contribution is 7.47. The molecule has 0 radical (unpaired) electrons. The Balaban J connectivity index is 4.06. The molecule has 0 aromatic heterocycles. The van der Waals surface area contributed by atoms with Gasteiger partial charge in [0.15, 0.2) is 0 Å². The first-order chi connectivity index (χ1) is 30.5. The lowest BCUT2D eigenvalue weighted by molar-refractivity contribution is -0.870. The SMILES string of the molecule is CC/C=C\C/C=C\C/C=C\C/C=C\C/C=C\C/C=C\C/C=C\CCCCCCCCCCCCCC(=O)NC(COP(=O)(O)OCC[N+](C)(C)C)C(O)/C=C/CCCCCCCC. The van der Waals surface area contributed by atoms with Crippen LogP contribution >= 0.6 is 7.82 Å². The van der Waals surface area contributed by atoms with Crippen LogP contribution in [-0.2, 0) is 18.4 Å². The summed E-state index contributed by atoms with van der Waals surface area (Å²) in [4.78, 5) is 23.1. The van der Waals surface area contributed by atoms with E-state index in [1.807, 2.05) is 27.2 Å². The average molecular weight is 900 g/mol. The largest absolute Gasteiger partial charge is 0.472 e. The molecule has 3 atom stereocenters. The molecule has 0 aliphatic carbocycles. The van der Waals surface area contributed by atoms with E-state index in [4.69, 9.17) is 9.05 Å². The molecular weight excluding hydrogens is 804 g/mol. The number of carbonyl (C=O) groups excluding carboxylic acids is 1. The number of likely N-dealkylation sites (N-methyl/N-ethyl adjacent to an activating group) is 1. The van der Waals surface area contributed by atoms with Gasteiger partial charge in [-0.2, -0.15) is 0 Å². The van der Waals surface area contributed by atoms with Crippen molar-refractivity contribution in [3.05, 3.63) is 97.2 Å². The van der Waals surface area contributed by atoms with Crippen LogP contribution in [0.1, 0.15) is 187 Å². The Morgan fingerprint density at radius 1 is 0.556 bits per heavy atom. The molecular formula is C54H96N2O6P+. The molecule has 362 valence electrons. The molecule has 0 aromatic rings. The van der Waals surface area contributed by atoms with Crippen molar-refractivity contribution in [3.8, 4) is 0 Å². The van der Waals surface area contributed by atoms with Gasteiger partial charge in [0, 0.05) is 6.42 Å². The molecule has 0 bridgehead atoms. The van der Waals surface area contributed by atoms with Crippen molar-refractivity contribution in [2.45, 2.75) is 199 Å². The van der Waals surface area contributed by atoms with E-state index in [1.165, 1.54) is 83.5 Å². The Morgan fingerprint density at radius 3 is 1.40 bits per heavy atom. The van der Waals surface area contributed by atoms with Crippen molar-refractivity contribution in [1.29, 1.82) is 0 Å². The number of allylic oxidation sites excluding steroid dienone is 15. The second-order valence-corrected chi connectivity index (χ2v) is 19.3. The third kappa shape index (κ3) is 47.2. The van der Waals surface area contributed by atoms with Crippen LogP contribution in [0.25, 0.3) is 0 Å². The van der Waals surface area contributed by atoms with Crippen molar-refractivity contribution in [3.63, 3.8) is 0 Å². The number of amides is 1. The Hall–Kier alpha value is -2.58. The molecule has 3 N–H and O–H groups in total. The lowest BCUT2D eigenvalue weighted by Gasteiger charge is -2.25. The van der Waals surface area contributed by atoms with Gasteiger partial charge in [-0.3, -0.25) is 13.8 Å². The van der Waals surface area contributed by atoms with Crippen molar-refractivity contribution in [2.24, 2.45) is 0 Å². The van der Waals surface area contributed by atoms with Gasteiger partial charge in [-0.25, -0.2) is 4.57 Å². The van der Waals surface area contributed by atoms with Crippen LogP contribution in [0.4, 0.5) is 0 Å². The summed E-state index contributed by atoms with van der Waals surface area (Å²) in [6.45, 7) is 4.63. The number of aliphatic hydroxyl groups is 1. The van der Waals surface area contributed by atoms with E-state index in [0.717, 1.165) is 83.5 Å². The second-order valence-electron chi connectivity index (χ2n) is 17.8. The van der Waals surface area contributed by atoms with Crippen LogP contribution < -0.4 is 5.32 Å². The van der Waals surface area contributed by atoms with Crippen LogP contribution in [0.15, 0.2) is 97.2 Å². The predicted molar refractivity (Wildman–Crippen MR) is 272 cm³/mol. The maximum atomic E-state index is 12.9. The fourth-order valence-corrected chi connectivity index (χ4v) is 7.34. The standard InChI is InChI=1S/C54H95N2O6P/c1-6-8-10-12-14-16-17-18-19-20-21-22-23-24-25-26-27-28-29-30-31-32-33-34-35-36-37-38-39-40-42-44-46-48-54(58)55-52(51-62-63(59,60)61-50-49-56(3,4)5)53(57)47-45-43-41-15-13-11-9-7-2/h8,10,14,16,18-19,21-22,24-25,27-28,30-31,45,47,52-53,57H,6-7,9,11-13,15,17,20,23,26,29,32-44,46,48-51H2,1-5H3,(H-,55,58,59,60)/p+1/b10-8-,16-14-,19-18-,22-21-,25-24-,28-27-,31-30-,47-45+. The number of hydrogen-bond acceptors (Lipinski definition) is 5. The van der Waals surface area contributed by atoms with E-state index in [2.05, 4.69) is 104 Å². The van der Waals surface area contributed by atoms with E-state index in [-0.39, 0.29) is 19.1 Å². The highest BCUT2D eigenvalue weighted by Crippen LogP contribution is 2.43. The number of phosphoric acid groups is 1. The zero-order valence-electron chi connectivity index (χ0n) is 41.0. The van der Waals surface area contributed by atoms with Crippen molar-refractivity contribution in [2.75, 3.05) is 40.9 Å². The third-order valence-electron chi connectivity index (χ3n) is 10.6. The van der Waals surface area contributed by atoms with Gasteiger partial charge in [-0.1, -0.05) is 201 Å². The Labute approximate surface area is 388 Å². The van der Waals surface area contributed by atoms with Crippen LogP contribution in [-0.4, -0.2) is 73.4 Å². The number of rotatable bonds is 44. The topological polar surface area (TPSA) is 105 Å². The minimum absolute atomic E-state index is 0.0563. The maximum Gasteiger partial charge on any atom is 0.472 e. The first-order valence-corrected chi connectivity index (χ1v) is 26.6. The summed E-state index contributed by atoms with van der Waals surface area (Å²) < 4.78 is 23.5. The number of nitrogens with zero attached hydrogens (tertiary/aromatic N) is 1. The summed E-state index contributed by atoms with van der Waals surface area (Å²) in [5.74, 6) is -0.189. The minimum atomic E-state index is -4.34. The Bertz CT molecular complexity index is 1340. The first kappa shape index (κ1) is 60.4. The maximum absolute atomic E-state index is 12.9. The molecule has 0 fully saturated rings. The van der Waals surface area contributed by atoms with Gasteiger partial charge in [0.1, 0.15) is 13.2 Å². The molecule has 0 saturated carbocycles. The highest BCUT2D eigenvalue weighted by Gasteiger charge is 2.27. The van der Waals surface area contributed by atoms with E-state index >= 15 is 0 Å². The van der Waals surface area contributed by atoms with Crippen LogP contribution in [0.3, 0.4) is 0 Å². The van der Waals surface area contributed by atoms with Crippen LogP contribution in [0.2, 0.25) is 0 Å². The zero-order valence-corrected chi connectivity index (χ0v) is 41.9. The van der Waals surface area contributed by atoms with E-state index in [9.17, 15) is 19.4 Å². The summed E-state index contributed by atoms with van der Waals surface area (Å²) >= 11 is 0. The summed E-state index contributed by atoms with van der Waals surface area (Å²) in [5, 5.41) is 13.7. The molecule has 0 aliphatic heterocycles. The van der Waals surface area contributed by atoms with E-state index in [0.29, 0.717) is 17.4 Å². The monoisotopic (exact) mass is 900 g/mol. The van der Waals surface area contributed by atoms with Crippen LogP contribution in [0, 0.1) is 0 Å². The second kappa shape index (κ2) is 44.6. The van der Waals surface area contributed by atoms with Crippen LogP contribution in [0.5, 0.6) is 0 Å². The molecule has 0 heterocycles. The molecule has 1 amide bonds. The van der Waals surface area contributed by atoms with Gasteiger partial charge < -0.3 is 19.8 Å². The van der Waals surface area contributed by atoms with Crippen molar-refractivity contribution in [1.82, 2.24) is 5.32 Å². The molecule has 0 aliphatic rings. The Kier molecular flexibility index (Phi) is 42.8. The number of unbranched alkanes of at least 4 members (excludes halogenated alkanes) is 17. The van der Waals surface area contributed by atoms with E-state index in [1.54, 1.807) is 6.08 Å². The zero-order chi connectivity index (χ0) is 46.4. The molecule has 0 spiro atoms. The molecule has 0 aromatic carbocycles. The van der Waals surface area contributed by atoms with Crippen molar-refractivity contribution >= 4 is 13.7 Å². The number of aliphatic hydroxyl groups excluding tert-OH is 1. The number of phosphoric ester groups is 1. The summed E-state index contributed by atoms with van der Waals surface area (Å²) in [6, 6.07) is -0.851. The smallest absolute Gasteiger partial charge is 0.387 e. The predicted octanol–water partition coefficient (Wildman–Crippen LogP) is 14.7. The highest BCUT2D eigenvalue weighted by atomic mass is 31.2. The molecule has 0 rings (SSSR count). The fourth-order valence-electron chi connectivity index (χ4n) is 6.61. The molecule has 63 heavy (non-hydrogen) atoms. The van der Waals surface area contributed by atoms with Gasteiger partial charge >= 0.3 is 7.82 Å². The fraction of sp³-hybridized carbons (Fsp3) is 0.685. The van der Waals surface area contributed by atoms with Gasteiger partial charge in [-0.05, 0) is 77.0 Å². The summed E-state index contributed by atoms with van der Waals surface area (Å²) in [5.41, 5.74) is 0. The first-order valence-electron chi connectivity index (χ1n) is 25.1. The molecule has 3 unspecified atom stereocenters. The van der Waals surface area contributed by atoms with Gasteiger partial charge in [0.25, 0.3) is 0 Å². The number of nitrogens with one attached hydrogen (secondary N) is 1. The minimum Gasteiger partial charge on any atom is -0.387 e. The van der Waals surface area contributed by atoms with Gasteiger partial charge in [0.2, 0.25) is 5.91 Å². The summed E-state index contributed by atoms with van der Waals surface area (Å²) in [7, 11) is 1.55. The normalized spacial score (nSPS) is 15.0. The molecule has 9 heteroatoms. The number of carbonyl (C=O) groups is 1. The quantitative estimate of drug-likeness (QED) is 0.0243. The lowest BCUT2D eigenvalue weighted by atomic mass is 10.0. The summed E-state index contributed by atoms with van der Waals surface area (Å²) in [6.07, 6.45) is 63.7. The number of hydrogen-bond donors (Lipinski definition) is 3. The third-order valence-corrected chi connectivity index (χ3v) is 11.5. The average Bonchev–Trinajstić information content (AvgIpc) is 3.24. The lowest BCUT2D eigenvalue weighted by Crippen LogP contribution is -2.45. The molecule has 0 saturated heterocycles. The van der Waals surface area contributed by atoms with E-state index < -0.39 is 20.0 Å². The van der Waals surface area contributed by atoms with Gasteiger partial charge in [-0.15, -0.1) is 0 Å².